The molecular weight excluding hydrogens is 320 g/mol. The van der Waals surface area contributed by atoms with E-state index in [0.717, 1.165) is 37.1 Å². The Morgan fingerprint density at radius 3 is 3.04 bits per heavy atom. The van der Waals surface area contributed by atoms with Crippen LogP contribution in [0, 0.1) is 0 Å². The first-order chi connectivity index (χ1) is 11.8. The van der Waals surface area contributed by atoms with Gasteiger partial charge >= 0.3 is 0 Å². The molecule has 1 atom stereocenters. The highest BCUT2D eigenvalue weighted by Gasteiger charge is 2.15. The van der Waals surface area contributed by atoms with E-state index in [2.05, 4.69) is 54.1 Å². The van der Waals surface area contributed by atoms with E-state index in [9.17, 15) is 0 Å². The number of rotatable bonds is 5. The lowest BCUT2D eigenvalue weighted by Gasteiger charge is -2.15. The van der Waals surface area contributed by atoms with Crippen molar-refractivity contribution in [2.24, 2.45) is 4.99 Å². The lowest BCUT2D eigenvalue weighted by Crippen LogP contribution is -2.39. The number of fused-ring (bicyclic) bond motifs is 1. The molecular formula is C17H26N6S. The van der Waals surface area contributed by atoms with Crippen LogP contribution in [0.4, 0.5) is 0 Å². The Kier molecular flexibility index (Phi) is 5.85. The zero-order valence-corrected chi connectivity index (χ0v) is 15.3. The zero-order chi connectivity index (χ0) is 16.8. The van der Waals surface area contributed by atoms with Gasteiger partial charge in [0.25, 0.3) is 0 Å². The Balaban J connectivity index is 1.52. The van der Waals surface area contributed by atoms with E-state index in [0.29, 0.717) is 12.5 Å². The topological polar surface area (TPSA) is 67.1 Å². The number of guanidine groups is 1. The summed E-state index contributed by atoms with van der Waals surface area (Å²) in [5.74, 6) is 3.39. The van der Waals surface area contributed by atoms with Gasteiger partial charge in [0.15, 0.2) is 11.8 Å². The maximum Gasteiger partial charge on any atom is 0.191 e. The molecule has 2 aromatic rings. The van der Waals surface area contributed by atoms with Gasteiger partial charge in [-0.05, 0) is 41.1 Å². The van der Waals surface area contributed by atoms with Crippen LogP contribution in [0.15, 0.2) is 21.8 Å². The minimum atomic E-state index is 0.458. The minimum absolute atomic E-state index is 0.458. The van der Waals surface area contributed by atoms with E-state index in [1.807, 2.05) is 0 Å². The summed E-state index contributed by atoms with van der Waals surface area (Å²) in [4.78, 5) is 4.31. The van der Waals surface area contributed by atoms with Gasteiger partial charge < -0.3 is 15.2 Å². The third kappa shape index (κ3) is 4.14. The highest BCUT2D eigenvalue weighted by molar-refractivity contribution is 7.07. The Morgan fingerprint density at radius 1 is 1.33 bits per heavy atom. The van der Waals surface area contributed by atoms with E-state index < -0.39 is 0 Å². The number of thiophene rings is 1. The summed E-state index contributed by atoms with van der Waals surface area (Å²) < 4.78 is 2.27. The van der Waals surface area contributed by atoms with Crippen LogP contribution in [-0.4, -0.2) is 34.3 Å². The van der Waals surface area contributed by atoms with Crippen LogP contribution >= 0.6 is 11.3 Å². The zero-order valence-electron chi connectivity index (χ0n) is 14.5. The highest BCUT2D eigenvalue weighted by atomic mass is 32.1. The average Bonchev–Trinajstić information content (AvgIpc) is 3.20. The molecule has 7 heteroatoms. The quantitative estimate of drug-likeness (QED) is 0.645. The second kappa shape index (κ2) is 8.28. The molecule has 1 aliphatic rings. The molecule has 0 saturated heterocycles. The summed E-state index contributed by atoms with van der Waals surface area (Å²) in [5.41, 5.74) is 1.37. The number of aliphatic imine (C=N–C) groups is 1. The Morgan fingerprint density at radius 2 is 2.25 bits per heavy atom. The van der Waals surface area contributed by atoms with E-state index in [4.69, 9.17) is 0 Å². The highest BCUT2D eigenvalue weighted by Crippen LogP contribution is 2.17. The molecule has 0 bridgehead atoms. The third-order valence-electron chi connectivity index (χ3n) is 4.51. The van der Waals surface area contributed by atoms with Crippen molar-refractivity contribution < 1.29 is 0 Å². The Labute approximate surface area is 147 Å². The molecule has 0 aromatic carbocycles. The van der Waals surface area contributed by atoms with Crippen LogP contribution in [0.1, 0.15) is 49.3 Å². The number of aromatic nitrogens is 3. The normalized spacial score (nSPS) is 16.3. The van der Waals surface area contributed by atoms with Crippen LogP contribution in [0.2, 0.25) is 0 Å². The van der Waals surface area contributed by atoms with Crippen molar-refractivity contribution in [3.8, 4) is 0 Å². The van der Waals surface area contributed by atoms with E-state index in [1.165, 1.54) is 24.8 Å². The van der Waals surface area contributed by atoms with Crippen LogP contribution < -0.4 is 10.6 Å². The molecule has 1 aliphatic heterocycles. The molecule has 0 spiro atoms. The van der Waals surface area contributed by atoms with Crippen molar-refractivity contribution in [2.75, 3.05) is 13.6 Å². The van der Waals surface area contributed by atoms with Crippen molar-refractivity contribution >= 4 is 17.3 Å². The van der Waals surface area contributed by atoms with Gasteiger partial charge in [0.1, 0.15) is 5.82 Å². The average molecular weight is 347 g/mol. The largest absolute Gasteiger partial charge is 0.356 e. The SMILES string of the molecule is CN=C(NCc1nnc2n1CCCCC2)NCC(C)c1ccsc1. The van der Waals surface area contributed by atoms with E-state index >= 15 is 0 Å². The third-order valence-corrected chi connectivity index (χ3v) is 5.21. The second-order valence-electron chi connectivity index (χ2n) is 6.26. The standard InChI is InChI=1S/C17H26N6S/c1-13(14-7-9-24-12-14)10-19-17(18-2)20-11-16-22-21-15-6-4-3-5-8-23(15)16/h7,9,12-13H,3-6,8,10-11H2,1-2H3,(H2,18,19,20). The number of hydrogen-bond acceptors (Lipinski definition) is 4. The maximum atomic E-state index is 4.35. The number of nitrogens with one attached hydrogen (secondary N) is 2. The predicted octanol–water partition coefficient (Wildman–Crippen LogP) is 2.53. The number of hydrogen-bond donors (Lipinski definition) is 2. The first-order valence-corrected chi connectivity index (χ1v) is 9.59. The van der Waals surface area contributed by atoms with Crippen molar-refractivity contribution in [1.29, 1.82) is 0 Å². The molecule has 2 N–H and O–H groups in total. The Bertz CT molecular complexity index is 661. The van der Waals surface area contributed by atoms with Crippen LogP contribution in [0.25, 0.3) is 0 Å². The molecule has 3 heterocycles. The smallest absolute Gasteiger partial charge is 0.191 e. The van der Waals surface area contributed by atoms with E-state index in [1.54, 1.807) is 18.4 Å². The van der Waals surface area contributed by atoms with Crippen molar-refractivity contribution in [3.63, 3.8) is 0 Å². The lowest BCUT2D eigenvalue weighted by atomic mass is 10.1. The summed E-state index contributed by atoms with van der Waals surface area (Å²) in [5, 5.41) is 19.8. The molecule has 0 amide bonds. The van der Waals surface area contributed by atoms with Gasteiger partial charge in [0.05, 0.1) is 6.54 Å². The first kappa shape index (κ1) is 17.0. The van der Waals surface area contributed by atoms with Gasteiger partial charge in [-0.1, -0.05) is 13.3 Å². The summed E-state index contributed by atoms with van der Waals surface area (Å²) in [7, 11) is 1.80. The fourth-order valence-corrected chi connectivity index (χ4v) is 3.76. The van der Waals surface area contributed by atoms with Gasteiger partial charge in [-0.2, -0.15) is 11.3 Å². The van der Waals surface area contributed by atoms with Crippen LogP contribution in [0.3, 0.4) is 0 Å². The van der Waals surface area contributed by atoms with Crippen molar-refractivity contribution in [2.45, 2.75) is 51.6 Å². The lowest BCUT2D eigenvalue weighted by molar-refractivity contribution is 0.595. The molecule has 6 nitrogen and oxygen atoms in total. The molecule has 0 saturated carbocycles. The molecule has 0 fully saturated rings. The maximum absolute atomic E-state index is 4.35. The number of nitrogens with zero attached hydrogens (tertiary/aromatic N) is 4. The molecule has 1 unspecified atom stereocenters. The Hall–Kier alpha value is -1.89. The van der Waals surface area contributed by atoms with Crippen molar-refractivity contribution in [1.82, 2.24) is 25.4 Å². The van der Waals surface area contributed by atoms with Crippen molar-refractivity contribution in [3.05, 3.63) is 34.0 Å². The first-order valence-electron chi connectivity index (χ1n) is 8.65. The summed E-state index contributed by atoms with van der Waals surface area (Å²) in [6.45, 7) is 4.76. The molecule has 0 aliphatic carbocycles. The molecule has 24 heavy (non-hydrogen) atoms. The molecule has 130 valence electrons. The number of aryl methyl sites for hydroxylation is 1. The van der Waals surface area contributed by atoms with Gasteiger partial charge in [-0.25, -0.2) is 0 Å². The van der Waals surface area contributed by atoms with Gasteiger partial charge in [-0.15, -0.1) is 10.2 Å². The van der Waals surface area contributed by atoms with E-state index in [-0.39, 0.29) is 0 Å². The molecule has 2 aromatic heterocycles. The fraction of sp³-hybridized carbons (Fsp3) is 0.588. The monoisotopic (exact) mass is 346 g/mol. The minimum Gasteiger partial charge on any atom is -0.356 e. The summed E-state index contributed by atoms with van der Waals surface area (Å²) in [6.07, 6.45) is 4.75. The fourth-order valence-electron chi connectivity index (χ4n) is 2.98. The van der Waals surface area contributed by atoms with Gasteiger partial charge in [-0.3, -0.25) is 4.99 Å². The van der Waals surface area contributed by atoms with Crippen LogP contribution in [0.5, 0.6) is 0 Å². The van der Waals surface area contributed by atoms with Crippen LogP contribution in [-0.2, 0) is 19.5 Å². The second-order valence-corrected chi connectivity index (χ2v) is 7.04. The molecule has 3 rings (SSSR count). The predicted molar refractivity (Wildman–Crippen MR) is 98.5 cm³/mol. The van der Waals surface area contributed by atoms with Gasteiger partial charge in [0.2, 0.25) is 0 Å². The summed E-state index contributed by atoms with van der Waals surface area (Å²) >= 11 is 1.74. The molecule has 0 radical (unpaired) electrons. The van der Waals surface area contributed by atoms with Gasteiger partial charge in [0, 0.05) is 26.6 Å². The summed E-state index contributed by atoms with van der Waals surface area (Å²) in [6, 6.07) is 2.18.